The van der Waals surface area contributed by atoms with Crippen LogP contribution in [0.5, 0.6) is 0 Å². The summed E-state index contributed by atoms with van der Waals surface area (Å²) in [5.41, 5.74) is 5.24. The Labute approximate surface area is 166 Å². The molecule has 1 atom stereocenters. The molecule has 1 N–H and O–H groups in total. The molecule has 1 nitrogen and oxygen atoms in total. The van der Waals surface area contributed by atoms with Crippen molar-refractivity contribution in [3.05, 3.63) is 22.8 Å². The van der Waals surface area contributed by atoms with Crippen LogP contribution in [0.1, 0.15) is 60.3 Å². The summed E-state index contributed by atoms with van der Waals surface area (Å²) < 4.78 is 0. The molecule has 0 radical (unpaired) electrons. The minimum atomic E-state index is -1.56. The average molecular weight is 396 g/mol. The average Bonchev–Trinajstić information content (AvgIpc) is 2.50. The van der Waals surface area contributed by atoms with Gasteiger partial charge in [0.1, 0.15) is 8.24 Å². The van der Waals surface area contributed by atoms with Gasteiger partial charge in [0.25, 0.3) is 0 Å². The first-order chi connectivity index (χ1) is 8.57. The third-order valence-corrected chi connectivity index (χ3v) is 9.48. The van der Waals surface area contributed by atoms with Crippen LogP contribution in [0.25, 0.3) is 0 Å². The Morgan fingerprint density at radius 1 is 1.09 bits per heavy atom. The van der Waals surface area contributed by atoms with Crippen LogP contribution in [-0.2, 0) is 21.7 Å². The maximum atomic E-state index is 3.99. The second kappa shape index (κ2) is 8.36. The van der Waals surface area contributed by atoms with Crippen LogP contribution in [0.15, 0.2) is 22.8 Å². The van der Waals surface area contributed by atoms with Crippen molar-refractivity contribution in [1.82, 2.24) is 4.98 Å². The van der Waals surface area contributed by atoms with Crippen LogP contribution in [0.4, 0.5) is 0 Å². The first-order valence-corrected chi connectivity index (χ1v) is 10.8. The summed E-state index contributed by atoms with van der Waals surface area (Å²) in [5.74, 6) is 0. The molecule has 0 bridgehead atoms. The Hall–Kier alpha value is 0.951. The van der Waals surface area contributed by atoms with Crippen molar-refractivity contribution in [2.45, 2.75) is 84.0 Å². The van der Waals surface area contributed by atoms with E-state index in [2.05, 4.69) is 58.8 Å². The molecule has 2 aliphatic rings. The van der Waals surface area contributed by atoms with Gasteiger partial charge in [0, 0.05) is 10.6 Å². The van der Waals surface area contributed by atoms with E-state index in [1.165, 1.54) is 25.7 Å². The zero-order chi connectivity index (χ0) is 14.5. The van der Waals surface area contributed by atoms with Gasteiger partial charge >= 0.3 is 21.7 Å². The predicted molar refractivity (Wildman–Crippen MR) is 88.0 cm³/mol. The van der Waals surface area contributed by atoms with Gasteiger partial charge in [0.15, 0.2) is 0 Å². The molecular weight excluding hydrogens is 365 g/mol. The van der Waals surface area contributed by atoms with Crippen LogP contribution in [0.3, 0.4) is 0 Å². The minimum Gasteiger partial charge on any atom is -1.00 e. The number of halogens is 2. The molecule has 0 fully saturated rings. The largest absolute Gasteiger partial charge is 2.00 e. The Balaban J connectivity index is 0. The van der Waals surface area contributed by atoms with Gasteiger partial charge in [-0.3, -0.25) is 0 Å². The third kappa shape index (κ3) is 4.74. The number of hydrogen-bond acceptors (Lipinski definition) is 1. The van der Waals surface area contributed by atoms with Crippen molar-refractivity contribution in [2.75, 3.05) is 0 Å². The topological polar surface area (TPSA) is 12.0 Å². The molecule has 0 aromatic carbocycles. The van der Waals surface area contributed by atoms with Gasteiger partial charge in [0.05, 0.1) is 0 Å². The van der Waals surface area contributed by atoms with Gasteiger partial charge in [-0.15, -0.1) is 0 Å². The molecule has 0 aliphatic heterocycles. The molecule has 1 unspecified atom stereocenters. The monoisotopic (exact) mass is 395 g/mol. The molecule has 0 heterocycles. The van der Waals surface area contributed by atoms with E-state index < -0.39 is 8.24 Å². The van der Waals surface area contributed by atoms with Crippen molar-refractivity contribution in [3.63, 3.8) is 0 Å². The first-order valence-electron chi connectivity index (χ1n) is 7.78. The molecule has 0 saturated heterocycles. The quantitative estimate of drug-likeness (QED) is 0.602. The maximum absolute atomic E-state index is 3.99. The van der Waals surface area contributed by atoms with Gasteiger partial charge in [-0.25, -0.2) is 0 Å². The number of allylic oxidation sites excluding steroid dienone is 4. The van der Waals surface area contributed by atoms with Crippen LogP contribution in [-0.4, -0.2) is 13.8 Å². The Bertz CT molecular complexity index is 452. The summed E-state index contributed by atoms with van der Waals surface area (Å²) in [6.45, 7) is 16.7. The van der Waals surface area contributed by atoms with Crippen molar-refractivity contribution in [3.8, 4) is 0 Å². The molecule has 126 valence electrons. The van der Waals surface area contributed by atoms with E-state index >= 15 is 0 Å². The number of hydrogen-bond donors (Lipinski definition) is 1. The normalized spacial score (nSPS) is 24.6. The van der Waals surface area contributed by atoms with Gasteiger partial charge in [-0.1, -0.05) is 37.2 Å². The fraction of sp³-hybridized carbons (Fsp3) is 0.765. The zero-order valence-corrected chi connectivity index (χ0v) is 19.2. The molecular formula is C17H31Cl2NSiTi. The summed E-state index contributed by atoms with van der Waals surface area (Å²) >= 11 is 0. The van der Waals surface area contributed by atoms with E-state index in [0.29, 0.717) is 5.04 Å². The molecule has 0 aromatic heterocycles. The summed E-state index contributed by atoms with van der Waals surface area (Å²) in [5, 5.41) is 0.306. The van der Waals surface area contributed by atoms with Gasteiger partial charge in [-0.2, -0.15) is 0 Å². The van der Waals surface area contributed by atoms with Gasteiger partial charge < -0.3 is 29.8 Å². The summed E-state index contributed by atoms with van der Waals surface area (Å²) in [6.07, 6.45) is 7.99. The fourth-order valence-corrected chi connectivity index (χ4v) is 7.89. The number of nitrogens with one attached hydrogen (secondary N) is 1. The van der Waals surface area contributed by atoms with Crippen molar-refractivity contribution >= 4 is 8.24 Å². The van der Waals surface area contributed by atoms with E-state index in [1.54, 1.807) is 16.7 Å². The Kier molecular flexibility index (Phi) is 9.57. The van der Waals surface area contributed by atoms with Crippen molar-refractivity contribution in [1.29, 1.82) is 0 Å². The van der Waals surface area contributed by atoms with E-state index in [1.807, 2.05) is 0 Å². The molecule has 0 amide bonds. The molecule has 22 heavy (non-hydrogen) atoms. The molecule has 0 saturated carbocycles. The summed E-state index contributed by atoms with van der Waals surface area (Å²) in [6, 6.07) is 0. The fourth-order valence-electron chi connectivity index (χ4n) is 4.15. The Morgan fingerprint density at radius 2 is 1.59 bits per heavy atom. The molecule has 2 aliphatic carbocycles. The third-order valence-electron chi connectivity index (χ3n) is 5.06. The van der Waals surface area contributed by atoms with Crippen molar-refractivity contribution in [2.24, 2.45) is 0 Å². The van der Waals surface area contributed by atoms with Crippen LogP contribution in [0, 0.1) is 0 Å². The van der Waals surface area contributed by atoms with E-state index in [9.17, 15) is 0 Å². The van der Waals surface area contributed by atoms with Gasteiger partial charge in [0.2, 0.25) is 0 Å². The molecule has 0 spiro atoms. The van der Waals surface area contributed by atoms with Crippen LogP contribution >= 0.6 is 0 Å². The van der Waals surface area contributed by atoms with E-state index in [4.69, 9.17) is 0 Å². The SMILES string of the molecule is CC1=CC(C)([Si](C)(C)NC(C)(C)C)C2=C1CCCC2.[Cl-].[Cl-].[Ti+2]. The number of rotatable bonds is 2. The smallest absolute Gasteiger partial charge is 1.00 e. The summed E-state index contributed by atoms with van der Waals surface area (Å²) in [4.78, 5) is 3.99. The van der Waals surface area contributed by atoms with Crippen molar-refractivity contribution < 1.29 is 46.5 Å². The maximum Gasteiger partial charge on any atom is 2.00 e. The van der Waals surface area contributed by atoms with Crippen LogP contribution < -0.4 is 29.8 Å². The molecule has 5 heteroatoms. The predicted octanol–water partition coefficient (Wildman–Crippen LogP) is -0.824. The Morgan fingerprint density at radius 3 is 2.09 bits per heavy atom. The second-order valence-corrected chi connectivity index (χ2v) is 12.7. The van der Waals surface area contributed by atoms with E-state index in [0.717, 1.165) is 0 Å². The van der Waals surface area contributed by atoms with Crippen LogP contribution in [0.2, 0.25) is 18.1 Å². The molecule has 2 rings (SSSR count). The first kappa shape index (κ1) is 25.2. The molecule has 0 aromatic rings. The second-order valence-electron chi connectivity index (χ2n) is 8.19. The summed E-state index contributed by atoms with van der Waals surface area (Å²) in [7, 11) is -1.56. The minimum absolute atomic E-state index is 0. The van der Waals surface area contributed by atoms with Gasteiger partial charge in [-0.05, 0) is 59.0 Å². The standard InChI is InChI=1S/C17H31NSi.2ClH.Ti/c1-13-12-17(5,15-11-9-8-10-14(13)15)19(6,7)18-16(2,3)4;;;/h12,18H,8-11H2,1-7H3;2*1H;/q;;;+2/p-2. The zero-order valence-electron chi connectivity index (χ0n) is 15.2. The van der Waals surface area contributed by atoms with E-state index in [-0.39, 0.29) is 52.1 Å².